The number of hydrogen-bond acceptors (Lipinski definition) is 2. The molecule has 1 aliphatic heterocycles. The highest BCUT2D eigenvalue weighted by Crippen LogP contribution is 2.45. The summed E-state index contributed by atoms with van der Waals surface area (Å²) < 4.78 is 0. The van der Waals surface area contributed by atoms with E-state index < -0.39 is 5.41 Å². The van der Waals surface area contributed by atoms with Gasteiger partial charge in [0.15, 0.2) is 0 Å². The molecule has 0 unspecified atom stereocenters. The molecule has 4 rings (SSSR count). The summed E-state index contributed by atoms with van der Waals surface area (Å²) in [6, 6.07) is 17.9. The number of aromatic nitrogens is 1. The van der Waals surface area contributed by atoms with Gasteiger partial charge in [0.1, 0.15) is 0 Å². The monoisotopic (exact) mass is 288 g/mol. The highest BCUT2D eigenvalue weighted by Gasteiger charge is 2.44. The molecule has 3 aromatic rings. The fourth-order valence-corrected chi connectivity index (χ4v) is 3.14. The number of pyridine rings is 1. The van der Waals surface area contributed by atoms with Crippen LogP contribution in [0.15, 0.2) is 60.8 Å². The molecule has 0 spiro atoms. The van der Waals surface area contributed by atoms with Crippen molar-refractivity contribution in [1.82, 2.24) is 4.98 Å². The van der Waals surface area contributed by atoms with Crippen molar-refractivity contribution >= 4 is 28.2 Å². The fraction of sp³-hybridized carbons (Fsp3) is 0.158. The van der Waals surface area contributed by atoms with E-state index in [1.165, 1.54) is 0 Å². The maximum Gasteiger partial charge on any atom is 0.241 e. The number of rotatable bonds is 1. The van der Waals surface area contributed by atoms with Gasteiger partial charge in [-0.05, 0) is 37.6 Å². The van der Waals surface area contributed by atoms with Crippen molar-refractivity contribution in [3.05, 3.63) is 66.4 Å². The minimum atomic E-state index is -0.512. The van der Waals surface area contributed by atoms with Crippen molar-refractivity contribution in [2.45, 2.75) is 19.3 Å². The molecule has 0 radical (unpaired) electrons. The van der Waals surface area contributed by atoms with E-state index in [4.69, 9.17) is 0 Å². The van der Waals surface area contributed by atoms with Crippen molar-refractivity contribution in [3.8, 4) is 0 Å². The van der Waals surface area contributed by atoms with Gasteiger partial charge in [0.25, 0.3) is 0 Å². The molecular formula is C19H16N2O. The van der Waals surface area contributed by atoms with Crippen LogP contribution in [-0.2, 0) is 10.2 Å². The zero-order valence-electron chi connectivity index (χ0n) is 12.6. The minimum Gasteiger partial charge on any atom is -0.278 e. The van der Waals surface area contributed by atoms with Gasteiger partial charge in [-0.2, -0.15) is 0 Å². The zero-order valence-corrected chi connectivity index (χ0v) is 12.6. The predicted octanol–water partition coefficient (Wildman–Crippen LogP) is 4.19. The average Bonchev–Trinajstić information content (AvgIpc) is 2.74. The molecule has 2 aromatic carbocycles. The molecule has 1 aliphatic rings. The van der Waals surface area contributed by atoms with Crippen molar-refractivity contribution in [2.75, 3.05) is 4.90 Å². The van der Waals surface area contributed by atoms with Gasteiger partial charge in [0, 0.05) is 5.39 Å². The summed E-state index contributed by atoms with van der Waals surface area (Å²) in [4.78, 5) is 19.2. The number of para-hydroxylation sites is 2. The van der Waals surface area contributed by atoms with Crippen LogP contribution in [-0.4, -0.2) is 10.9 Å². The largest absolute Gasteiger partial charge is 0.278 e. The Morgan fingerprint density at radius 1 is 1.00 bits per heavy atom. The highest BCUT2D eigenvalue weighted by molar-refractivity contribution is 6.12. The van der Waals surface area contributed by atoms with E-state index in [1.807, 2.05) is 68.4 Å². The van der Waals surface area contributed by atoms with Crippen LogP contribution in [0, 0.1) is 0 Å². The fourth-order valence-electron chi connectivity index (χ4n) is 3.14. The first kappa shape index (κ1) is 13.0. The van der Waals surface area contributed by atoms with Crippen LogP contribution in [0.1, 0.15) is 19.4 Å². The van der Waals surface area contributed by atoms with E-state index in [9.17, 15) is 4.79 Å². The second-order valence-electron chi connectivity index (χ2n) is 6.17. The third-order valence-electron chi connectivity index (χ3n) is 4.39. The normalized spacial score (nSPS) is 16.1. The summed E-state index contributed by atoms with van der Waals surface area (Å²) in [7, 11) is 0. The van der Waals surface area contributed by atoms with E-state index >= 15 is 0 Å². The first-order valence-corrected chi connectivity index (χ1v) is 7.38. The molecule has 0 bridgehead atoms. The van der Waals surface area contributed by atoms with Crippen LogP contribution < -0.4 is 4.90 Å². The summed E-state index contributed by atoms with van der Waals surface area (Å²) in [6.07, 6.45) is 1.78. The molecule has 0 saturated carbocycles. The lowest BCUT2D eigenvalue weighted by Crippen LogP contribution is -2.33. The Hall–Kier alpha value is -2.68. The molecule has 108 valence electrons. The summed E-state index contributed by atoms with van der Waals surface area (Å²) in [5.41, 5.74) is 3.26. The highest BCUT2D eigenvalue weighted by atomic mass is 16.2. The number of fused-ring (bicyclic) bond motifs is 2. The number of carbonyl (C=O) groups is 1. The zero-order chi connectivity index (χ0) is 15.3. The average molecular weight is 288 g/mol. The van der Waals surface area contributed by atoms with Gasteiger partial charge < -0.3 is 0 Å². The number of amides is 1. The molecule has 0 N–H and O–H groups in total. The first-order chi connectivity index (χ1) is 10.6. The Kier molecular flexibility index (Phi) is 2.61. The number of hydrogen-bond donors (Lipinski definition) is 0. The predicted molar refractivity (Wildman–Crippen MR) is 88.4 cm³/mol. The minimum absolute atomic E-state index is 0.0887. The number of anilines is 2. The smallest absolute Gasteiger partial charge is 0.241 e. The van der Waals surface area contributed by atoms with Crippen molar-refractivity contribution in [1.29, 1.82) is 0 Å². The van der Waals surface area contributed by atoms with Crippen LogP contribution in [0.5, 0.6) is 0 Å². The van der Waals surface area contributed by atoms with Crippen LogP contribution in [0.25, 0.3) is 10.9 Å². The molecular weight excluding hydrogens is 272 g/mol. The van der Waals surface area contributed by atoms with Crippen molar-refractivity contribution in [2.24, 2.45) is 0 Å². The number of carbonyl (C=O) groups excluding carboxylic acids is 1. The lowest BCUT2D eigenvalue weighted by Gasteiger charge is -2.20. The maximum absolute atomic E-state index is 12.9. The quantitative estimate of drug-likeness (QED) is 0.672. The third kappa shape index (κ3) is 1.69. The third-order valence-corrected chi connectivity index (χ3v) is 4.39. The molecule has 1 aromatic heterocycles. The summed E-state index contributed by atoms with van der Waals surface area (Å²) >= 11 is 0. The molecule has 2 heterocycles. The van der Waals surface area contributed by atoms with Gasteiger partial charge in [-0.1, -0.05) is 36.4 Å². The molecule has 3 nitrogen and oxygen atoms in total. The first-order valence-electron chi connectivity index (χ1n) is 7.38. The topological polar surface area (TPSA) is 33.2 Å². The lowest BCUT2D eigenvalue weighted by molar-refractivity contribution is -0.121. The molecule has 0 saturated heterocycles. The van der Waals surface area contributed by atoms with Gasteiger partial charge in [-0.3, -0.25) is 14.7 Å². The number of nitrogens with zero attached hydrogens (tertiary/aromatic N) is 2. The van der Waals surface area contributed by atoms with Crippen LogP contribution in [0.4, 0.5) is 11.4 Å². The molecule has 0 atom stereocenters. The van der Waals surface area contributed by atoms with Gasteiger partial charge in [0.05, 0.1) is 28.5 Å². The Morgan fingerprint density at radius 3 is 2.59 bits per heavy atom. The lowest BCUT2D eigenvalue weighted by atomic mass is 9.86. The Morgan fingerprint density at radius 2 is 1.73 bits per heavy atom. The van der Waals surface area contributed by atoms with Crippen LogP contribution in [0.2, 0.25) is 0 Å². The maximum atomic E-state index is 12.9. The van der Waals surface area contributed by atoms with Crippen LogP contribution >= 0.6 is 0 Å². The van der Waals surface area contributed by atoms with E-state index in [1.54, 1.807) is 11.1 Å². The van der Waals surface area contributed by atoms with Crippen molar-refractivity contribution < 1.29 is 4.79 Å². The van der Waals surface area contributed by atoms with E-state index in [2.05, 4.69) is 4.98 Å². The summed E-state index contributed by atoms with van der Waals surface area (Å²) in [6.45, 7) is 3.95. The Bertz CT molecular complexity index is 899. The molecule has 22 heavy (non-hydrogen) atoms. The van der Waals surface area contributed by atoms with E-state index in [-0.39, 0.29) is 5.91 Å². The second-order valence-corrected chi connectivity index (χ2v) is 6.17. The Labute approximate surface area is 129 Å². The number of benzene rings is 2. The van der Waals surface area contributed by atoms with E-state index in [0.29, 0.717) is 0 Å². The van der Waals surface area contributed by atoms with Crippen molar-refractivity contribution in [3.63, 3.8) is 0 Å². The van der Waals surface area contributed by atoms with Gasteiger partial charge >= 0.3 is 0 Å². The van der Waals surface area contributed by atoms with Gasteiger partial charge in [0.2, 0.25) is 5.91 Å². The van der Waals surface area contributed by atoms with Gasteiger partial charge in [-0.25, -0.2) is 0 Å². The second kappa shape index (κ2) is 4.41. The molecule has 3 heteroatoms. The summed E-state index contributed by atoms with van der Waals surface area (Å²) in [5.74, 6) is 0.0887. The standard InChI is InChI=1S/C19H16N2O/c1-19(2)15-8-4-6-10-17(15)21(18(19)22)14-11-13-7-3-5-9-16(13)20-12-14/h3-12H,1-2H3. The molecule has 1 amide bonds. The Balaban J connectivity index is 1.93. The van der Waals surface area contributed by atoms with E-state index in [0.717, 1.165) is 27.8 Å². The SMILES string of the molecule is CC1(C)C(=O)N(c2cnc3ccccc3c2)c2ccccc21. The summed E-state index contributed by atoms with van der Waals surface area (Å²) in [5, 5.41) is 1.04. The van der Waals surface area contributed by atoms with Gasteiger partial charge in [-0.15, -0.1) is 0 Å². The molecule has 0 fully saturated rings. The van der Waals surface area contributed by atoms with Crippen LogP contribution in [0.3, 0.4) is 0 Å². The molecule has 0 aliphatic carbocycles.